The maximum absolute atomic E-state index is 12.5. The van der Waals surface area contributed by atoms with Crippen molar-refractivity contribution in [2.24, 2.45) is 0 Å². The van der Waals surface area contributed by atoms with Crippen molar-refractivity contribution in [2.45, 2.75) is 13.5 Å². The first-order valence-corrected chi connectivity index (χ1v) is 6.52. The van der Waals surface area contributed by atoms with Crippen LogP contribution >= 0.6 is 0 Å². The summed E-state index contributed by atoms with van der Waals surface area (Å²) in [6.45, 7) is 1.41. The molecule has 0 unspecified atom stereocenters. The Hall–Kier alpha value is -2.75. The number of carbonyl (C=O) groups is 3. The van der Waals surface area contributed by atoms with Crippen molar-refractivity contribution in [3.63, 3.8) is 0 Å². The van der Waals surface area contributed by atoms with Crippen LogP contribution in [-0.4, -0.2) is 17.5 Å². The lowest BCUT2D eigenvalue weighted by Crippen LogP contribution is -2.21. The maximum Gasteiger partial charge on any atom is 0.302 e. The average molecular weight is 280 g/mol. The highest BCUT2D eigenvalue weighted by molar-refractivity contribution is 6.28. The molecule has 0 atom stereocenters. The molecule has 0 amide bonds. The average Bonchev–Trinajstić information content (AvgIpc) is 2.50. The first-order chi connectivity index (χ1) is 10.1. The van der Waals surface area contributed by atoms with E-state index in [4.69, 9.17) is 4.74 Å². The summed E-state index contributed by atoms with van der Waals surface area (Å²) in [5.41, 5.74) is 2.29. The van der Waals surface area contributed by atoms with Crippen molar-refractivity contribution < 1.29 is 19.1 Å². The van der Waals surface area contributed by atoms with Gasteiger partial charge in [-0.05, 0) is 17.7 Å². The molecule has 0 radical (unpaired) electrons. The minimum Gasteiger partial charge on any atom is -0.461 e. The molecule has 4 nitrogen and oxygen atoms in total. The summed E-state index contributed by atoms with van der Waals surface area (Å²) in [5, 5.41) is 0. The van der Waals surface area contributed by atoms with Crippen molar-refractivity contribution in [3.8, 4) is 0 Å². The molecule has 0 saturated heterocycles. The Labute approximate surface area is 121 Å². The Morgan fingerprint density at radius 3 is 2.10 bits per heavy atom. The van der Waals surface area contributed by atoms with Gasteiger partial charge in [-0.3, -0.25) is 14.4 Å². The second kappa shape index (κ2) is 4.98. The third-order valence-corrected chi connectivity index (χ3v) is 3.43. The lowest BCUT2D eigenvalue weighted by Gasteiger charge is -2.17. The Kier molecular flexibility index (Phi) is 3.14. The predicted molar refractivity (Wildman–Crippen MR) is 75.2 cm³/mol. The van der Waals surface area contributed by atoms with Crippen LogP contribution in [0.25, 0.3) is 0 Å². The first kappa shape index (κ1) is 13.2. The highest BCUT2D eigenvalue weighted by atomic mass is 16.5. The van der Waals surface area contributed by atoms with E-state index in [9.17, 15) is 14.4 Å². The zero-order valence-electron chi connectivity index (χ0n) is 11.4. The molecule has 3 rings (SSSR count). The number of rotatable bonds is 2. The molecular weight excluding hydrogens is 268 g/mol. The molecule has 0 N–H and O–H groups in total. The fourth-order valence-corrected chi connectivity index (χ4v) is 2.42. The molecule has 2 aromatic rings. The molecule has 0 aliphatic heterocycles. The fourth-order valence-electron chi connectivity index (χ4n) is 2.42. The molecule has 104 valence electrons. The van der Waals surface area contributed by atoms with E-state index in [0.717, 1.165) is 0 Å². The number of hydrogen-bond acceptors (Lipinski definition) is 4. The SMILES string of the molecule is CC(=O)OCc1ccc2c(c1)C(=O)c1ccccc1C2=O. The Morgan fingerprint density at radius 2 is 1.48 bits per heavy atom. The highest BCUT2D eigenvalue weighted by Gasteiger charge is 2.29. The van der Waals surface area contributed by atoms with Gasteiger partial charge in [0.2, 0.25) is 0 Å². The second-order valence-corrected chi connectivity index (χ2v) is 4.86. The summed E-state index contributed by atoms with van der Waals surface area (Å²) in [4.78, 5) is 35.7. The number of carbonyl (C=O) groups excluding carboxylic acids is 3. The van der Waals surface area contributed by atoms with Gasteiger partial charge in [0.1, 0.15) is 6.61 Å². The normalized spacial score (nSPS) is 12.6. The number of esters is 1. The Balaban J connectivity index is 2.04. The summed E-state index contributed by atoms with van der Waals surface area (Å²) in [6.07, 6.45) is 0. The van der Waals surface area contributed by atoms with Crippen LogP contribution in [-0.2, 0) is 16.1 Å². The van der Waals surface area contributed by atoms with Crippen LogP contribution in [0.3, 0.4) is 0 Å². The van der Waals surface area contributed by atoms with E-state index < -0.39 is 0 Å². The van der Waals surface area contributed by atoms with Crippen LogP contribution in [0.4, 0.5) is 0 Å². The third-order valence-electron chi connectivity index (χ3n) is 3.43. The van der Waals surface area contributed by atoms with E-state index in [0.29, 0.717) is 27.8 Å². The van der Waals surface area contributed by atoms with Crippen molar-refractivity contribution in [1.82, 2.24) is 0 Å². The summed E-state index contributed by atoms with van der Waals surface area (Å²) in [6, 6.07) is 11.7. The first-order valence-electron chi connectivity index (χ1n) is 6.52. The van der Waals surface area contributed by atoms with Gasteiger partial charge in [0.05, 0.1) is 0 Å². The third kappa shape index (κ3) is 2.25. The van der Waals surface area contributed by atoms with Gasteiger partial charge in [-0.15, -0.1) is 0 Å². The van der Waals surface area contributed by atoms with E-state index in [1.54, 1.807) is 42.5 Å². The topological polar surface area (TPSA) is 60.4 Å². The van der Waals surface area contributed by atoms with Gasteiger partial charge in [0.25, 0.3) is 0 Å². The molecule has 4 heteroatoms. The summed E-state index contributed by atoms with van der Waals surface area (Å²) in [5.74, 6) is -0.718. The van der Waals surface area contributed by atoms with Gasteiger partial charge in [-0.1, -0.05) is 30.3 Å². The van der Waals surface area contributed by atoms with E-state index in [2.05, 4.69) is 0 Å². The summed E-state index contributed by atoms with van der Waals surface area (Å²) >= 11 is 0. The minimum absolute atomic E-state index is 0.0890. The predicted octanol–water partition coefficient (Wildman–Crippen LogP) is 2.53. The smallest absolute Gasteiger partial charge is 0.302 e. The molecule has 1 aliphatic carbocycles. The molecule has 0 aromatic heterocycles. The minimum atomic E-state index is -0.388. The van der Waals surface area contributed by atoms with Gasteiger partial charge < -0.3 is 4.74 Å². The van der Waals surface area contributed by atoms with Gasteiger partial charge in [0, 0.05) is 29.2 Å². The van der Waals surface area contributed by atoms with E-state index >= 15 is 0 Å². The van der Waals surface area contributed by atoms with Crippen molar-refractivity contribution in [1.29, 1.82) is 0 Å². The second-order valence-electron chi connectivity index (χ2n) is 4.86. The Bertz CT molecular complexity index is 774. The van der Waals surface area contributed by atoms with Crippen LogP contribution < -0.4 is 0 Å². The highest BCUT2D eigenvalue weighted by Crippen LogP contribution is 2.27. The number of ether oxygens (including phenoxy) is 1. The largest absolute Gasteiger partial charge is 0.461 e. The van der Waals surface area contributed by atoms with Gasteiger partial charge in [-0.2, -0.15) is 0 Å². The van der Waals surface area contributed by atoms with Crippen molar-refractivity contribution in [3.05, 3.63) is 70.3 Å². The van der Waals surface area contributed by atoms with E-state index in [-0.39, 0.29) is 24.1 Å². The lowest BCUT2D eigenvalue weighted by molar-refractivity contribution is -0.142. The maximum atomic E-state index is 12.5. The van der Waals surface area contributed by atoms with Crippen molar-refractivity contribution in [2.75, 3.05) is 0 Å². The molecule has 1 aliphatic rings. The molecule has 0 fully saturated rings. The molecule has 0 spiro atoms. The molecule has 2 aromatic carbocycles. The van der Waals surface area contributed by atoms with E-state index in [1.165, 1.54) is 6.92 Å². The molecular formula is C17H12O4. The molecule has 0 heterocycles. The number of ketones is 2. The van der Waals surface area contributed by atoms with Crippen LogP contribution in [0.2, 0.25) is 0 Å². The van der Waals surface area contributed by atoms with E-state index in [1.807, 2.05) is 0 Å². The number of hydrogen-bond donors (Lipinski definition) is 0. The van der Waals surface area contributed by atoms with Crippen LogP contribution in [0.15, 0.2) is 42.5 Å². The quantitative estimate of drug-likeness (QED) is 0.677. The molecule has 0 bridgehead atoms. The molecule has 0 saturated carbocycles. The standard InChI is InChI=1S/C17H12O4/c1-10(18)21-9-11-6-7-14-15(8-11)17(20)13-5-3-2-4-12(13)16(14)19/h2-8H,9H2,1H3. The zero-order chi connectivity index (χ0) is 15.0. The lowest BCUT2D eigenvalue weighted by atomic mass is 9.83. The van der Waals surface area contributed by atoms with Crippen LogP contribution in [0.5, 0.6) is 0 Å². The summed E-state index contributed by atoms with van der Waals surface area (Å²) in [7, 11) is 0. The Morgan fingerprint density at radius 1 is 0.905 bits per heavy atom. The molecule has 21 heavy (non-hydrogen) atoms. The monoisotopic (exact) mass is 280 g/mol. The number of benzene rings is 2. The zero-order valence-corrected chi connectivity index (χ0v) is 11.4. The summed E-state index contributed by atoms with van der Waals surface area (Å²) < 4.78 is 4.92. The fraction of sp³-hybridized carbons (Fsp3) is 0.118. The van der Waals surface area contributed by atoms with Gasteiger partial charge >= 0.3 is 5.97 Å². The van der Waals surface area contributed by atoms with Crippen LogP contribution in [0, 0.1) is 0 Å². The number of fused-ring (bicyclic) bond motifs is 2. The van der Waals surface area contributed by atoms with Crippen LogP contribution in [0.1, 0.15) is 44.3 Å². The van der Waals surface area contributed by atoms with Gasteiger partial charge in [-0.25, -0.2) is 0 Å². The van der Waals surface area contributed by atoms with Gasteiger partial charge in [0.15, 0.2) is 11.6 Å². The van der Waals surface area contributed by atoms with Crippen molar-refractivity contribution >= 4 is 17.5 Å².